The van der Waals surface area contributed by atoms with Crippen LogP contribution in [0.2, 0.25) is 0 Å². The van der Waals surface area contributed by atoms with Crippen LogP contribution in [0.15, 0.2) is 18.2 Å². The second-order valence-electron chi connectivity index (χ2n) is 4.99. The first-order valence-electron chi connectivity index (χ1n) is 6.54. The lowest BCUT2D eigenvalue weighted by molar-refractivity contribution is -0.274. The Labute approximate surface area is 128 Å². The Morgan fingerprint density at radius 3 is 2.48 bits per heavy atom. The van der Waals surface area contributed by atoms with E-state index < -0.39 is 42.4 Å². The summed E-state index contributed by atoms with van der Waals surface area (Å²) < 4.78 is 45.2. The Balaban J connectivity index is 2.26. The number of halogens is 3. The van der Waals surface area contributed by atoms with Crippen molar-refractivity contribution in [1.82, 2.24) is 0 Å². The number of carbonyl (C=O) groups excluding carboxylic acids is 3. The van der Waals surface area contributed by atoms with Crippen molar-refractivity contribution in [3.05, 3.63) is 23.8 Å². The van der Waals surface area contributed by atoms with Crippen LogP contribution < -0.4 is 9.64 Å². The van der Waals surface area contributed by atoms with E-state index in [1.54, 1.807) is 13.8 Å². The predicted octanol–water partition coefficient (Wildman–Crippen LogP) is 2.07. The van der Waals surface area contributed by atoms with Gasteiger partial charge in [0, 0.05) is 0 Å². The molecule has 0 spiro atoms. The van der Waals surface area contributed by atoms with E-state index in [-0.39, 0.29) is 11.3 Å². The van der Waals surface area contributed by atoms with Crippen molar-refractivity contribution in [3.63, 3.8) is 0 Å². The highest BCUT2D eigenvalue weighted by molar-refractivity contribution is 6.52. The molecule has 2 rings (SSSR count). The number of anilines is 1. The van der Waals surface area contributed by atoms with E-state index in [0.717, 1.165) is 23.1 Å². The highest BCUT2D eigenvalue weighted by atomic mass is 19.4. The number of ketones is 1. The minimum absolute atomic E-state index is 0.0373. The molecular weight excluding hydrogens is 319 g/mol. The zero-order valence-electron chi connectivity index (χ0n) is 12.1. The van der Waals surface area contributed by atoms with Crippen LogP contribution in [0.5, 0.6) is 5.75 Å². The van der Waals surface area contributed by atoms with Crippen molar-refractivity contribution in [1.29, 1.82) is 0 Å². The number of alkyl halides is 3. The number of rotatable bonds is 4. The van der Waals surface area contributed by atoms with E-state index in [9.17, 15) is 27.6 Å². The third-order valence-corrected chi connectivity index (χ3v) is 2.83. The van der Waals surface area contributed by atoms with Crippen LogP contribution in [0.3, 0.4) is 0 Å². The molecule has 1 aliphatic rings. The normalized spacial score (nSPS) is 14.3. The van der Waals surface area contributed by atoms with E-state index in [0.29, 0.717) is 0 Å². The van der Waals surface area contributed by atoms with Gasteiger partial charge in [0.05, 0.1) is 17.4 Å². The summed E-state index contributed by atoms with van der Waals surface area (Å²) in [6.07, 6.45) is -5.32. The smallest absolute Gasteiger partial charge is 0.462 e. The SMILES string of the molecule is CC(C)OC(=O)CN1C(=O)C(=O)c2cc(OC(F)(F)F)ccc21. The van der Waals surface area contributed by atoms with Gasteiger partial charge in [0.2, 0.25) is 0 Å². The molecule has 0 radical (unpaired) electrons. The Kier molecular flexibility index (Phi) is 4.31. The third-order valence-electron chi connectivity index (χ3n) is 2.83. The lowest BCUT2D eigenvalue weighted by Crippen LogP contribution is -2.36. The van der Waals surface area contributed by atoms with Gasteiger partial charge in [-0.05, 0) is 32.0 Å². The van der Waals surface area contributed by atoms with Crippen molar-refractivity contribution >= 4 is 23.3 Å². The molecule has 0 bridgehead atoms. The number of carbonyl (C=O) groups is 3. The number of fused-ring (bicyclic) bond motifs is 1. The van der Waals surface area contributed by atoms with E-state index in [4.69, 9.17) is 4.74 Å². The van der Waals surface area contributed by atoms with Crippen LogP contribution in [-0.4, -0.2) is 36.7 Å². The zero-order valence-corrected chi connectivity index (χ0v) is 12.1. The quantitative estimate of drug-likeness (QED) is 0.624. The standard InChI is InChI=1S/C14H12F3NO5/c1-7(2)22-11(19)6-18-10-4-3-8(23-14(15,16)17)5-9(10)12(20)13(18)21/h3-5,7H,6H2,1-2H3. The lowest BCUT2D eigenvalue weighted by atomic mass is 10.1. The molecule has 0 aromatic heterocycles. The summed E-state index contributed by atoms with van der Waals surface area (Å²) in [6, 6.07) is 2.89. The molecular formula is C14H12F3NO5. The number of Topliss-reactive ketones (excluding diaryl/α,β-unsaturated/α-hetero) is 1. The maximum atomic E-state index is 12.2. The second kappa shape index (κ2) is 5.90. The van der Waals surface area contributed by atoms with Crippen LogP contribution in [0.4, 0.5) is 18.9 Å². The summed E-state index contributed by atoms with van der Waals surface area (Å²) in [5, 5.41) is 0. The molecule has 1 aromatic rings. The number of amides is 1. The van der Waals surface area contributed by atoms with Gasteiger partial charge in [-0.3, -0.25) is 19.3 Å². The molecule has 124 valence electrons. The van der Waals surface area contributed by atoms with Gasteiger partial charge in [-0.1, -0.05) is 0 Å². The number of esters is 1. The minimum Gasteiger partial charge on any atom is -0.462 e. The molecule has 0 atom stereocenters. The first kappa shape index (κ1) is 16.8. The largest absolute Gasteiger partial charge is 0.573 e. The molecule has 23 heavy (non-hydrogen) atoms. The minimum atomic E-state index is -4.92. The zero-order chi connectivity index (χ0) is 17.4. The average molecular weight is 331 g/mol. The number of hydrogen-bond donors (Lipinski definition) is 0. The molecule has 1 aliphatic heterocycles. The molecule has 1 amide bonds. The van der Waals surface area contributed by atoms with Gasteiger partial charge >= 0.3 is 12.3 Å². The Hall–Kier alpha value is -2.58. The van der Waals surface area contributed by atoms with Crippen molar-refractivity contribution in [2.45, 2.75) is 26.3 Å². The molecule has 0 fully saturated rings. The van der Waals surface area contributed by atoms with Crippen LogP contribution in [0.25, 0.3) is 0 Å². The number of benzene rings is 1. The summed E-state index contributed by atoms with van der Waals surface area (Å²) >= 11 is 0. The molecule has 1 aromatic carbocycles. The fourth-order valence-electron chi connectivity index (χ4n) is 2.06. The van der Waals surface area contributed by atoms with Gasteiger partial charge in [-0.2, -0.15) is 0 Å². The Morgan fingerprint density at radius 2 is 1.91 bits per heavy atom. The van der Waals surface area contributed by atoms with Crippen LogP contribution >= 0.6 is 0 Å². The van der Waals surface area contributed by atoms with Gasteiger partial charge in [0.1, 0.15) is 12.3 Å². The topological polar surface area (TPSA) is 72.9 Å². The van der Waals surface area contributed by atoms with Crippen molar-refractivity contribution < 1.29 is 37.0 Å². The average Bonchev–Trinajstić information content (AvgIpc) is 2.61. The molecule has 0 saturated heterocycles. The van der Waals surface area contributed by atoms with Crippen LogP contribution in [-0.2, 0) is 14.3 Å². The first-order chi connectivity index (χ1) is 10.6. The summed E-state index contributed by atoms with van der Waals surface area (Å²) in [4.78, 5) is 36.2. The fraction of sp³-hybridized carbons (Fsp3) is 0.357. The van der Waals surface area contributed by atoms with E-state index >= 15 is 0 Å². The van der Waals surface area contributed by atoms with Gasteiger partial charge in [0.25, 0.3) is 11.7 Å². The first-order valence-corrected chi connectivity index (χ1v) is 6.54. The van der Waals surface area contributed by atoms with Crippen molar-refractivity contribution in [2.24, 2.45) is 0 Å². The van der Waals surface area contributed by atoms with Gasteiger partial charge in [0.15, 0.2) is 0 Å². The summed E-state index contributed by atoms with van der Waals surface area (Å²) in [7, 11) is 0. The van der Waals surface area contributed by atoms with Crippen LogP contribution in [0.1, 0.15) is 24.2 Å². The Morgan fingerprint density at radius 1 is 1.26 bits per heavy atom. The number of hydrogen-bond acceptors (Lipinski definition) is 5. The maximum Gasteiger partial charge on any atom is 0.573 e. The van der Waals surface area contributed by atoms with E-state index in [1.165, 1.54) is 0 Å². The van der Waals surface area contributed by atoms with Crippen molar-refractivity contribution in [2.75, 3.05) is 11.4 Å². The molecule has 6 nitrogen and oxygen atoms in total. The Bertz CT molecular complexity index is 669. The van der Waals surface area contributed by atoms with Crippen molar-refractivity contribution in [3.8, 4) is 5.75 Å². The van der Waals surface area contributed by atoms with Gasteiger partial charge < -0.3 is 9.47 Å². The molecule has 0 N–H and O–H groups in total. The molecule has 1 heterocycles. The highest BCUT2D eigenvalue weighted by Gasteiger charge is 2.38. The van der Waals surface area contributed by atoms with E-state index in [2.05, 4.69) is 4.74 Å². The van der Waals surface area contributed by atoms with Gasteiger partial charge in [-0.25, -0.2) is 0 Å². The highest BCUT2D eigenvalue weighted by Crippen LogP contribution is 2.33. The summed E-state index contributed by atoms with van der Waals surface area (Å²) in [5.41, 5.74) is -0.218. The molecule has 0 aliphatic carbocycles. The second-order valence-corrected chi connectivity index (χ2v) is 4.99. The maximum absolute atomic E-state index is 12.2. The summed E-state index contributed by atoms with van der Waals surface area (Å²) in [5.74, 6) is -3.37. The number of ether oxygens (including phenoxy) is 2. The van der Waals surface area contributed by atoms with Gasteiger partial charge in [-0.15, -0.1) is 13.2 Å². The third kappa shape index (κ3) is 3.79. The molecule has 9 heteroatoms. The number of nitrogens with zero attached hydrogens (tertiary/aromatic N) is 1. The summed E-state index contributed by atoms with van der Waals surface area (Å²) in [6.45, 7) is 2.72. The molecule has 0 unspecified atom stereocenters. The lowest BCUT2D eigenvalue weighted by Gasteiger charge is -2.17. The predicted molar refractivity (Wildman–Crippen MR) is 71.0 cm³/mol. The monoisotopic (exact) mass is 331 g/mol. The fourth-order valence-corrected chi connectivity index (χ4v) is 2.06. The van der Waals surface area contributed by atoms with E-state index in [1.807, 2.05) is 0 Å². The van der Waals surface area contributed by atoms with Crippen LogP contribution in [0, 0.1) is 0 Å². The molecule has 0 saturated carbocycles.